The van der Waals surface area contributed by atoms with Gasteiger partial charge < -0.3 is 9.64 Å². The van der Waals surface area contributed by atoms with E-state index in [0.717, 1.165) is 41.8 Å². The molecule has 5 heteroatoms. The predicted molar refractivity (Wildman–Crippen MR) is 124 cm³/mol. The Kier molecular flexibility index (Phi) is 4.67. The number of benzene rings is 3. The maximum atomic E-state index is 13.5. The number of amides is 1. The number of hydrogen-bond donors (Lipinski definition) is 0. The summed E-state index contributed by atoms with van der Waals surface area (Å²) in [5, 5.41) is 0. The SMILES string of the molecule is O=C(N1CC[C@@]2(C1)OCc1ccccc12)C1(Sc2ccc(-c3ccc(F)cc3)cc2)CC1. The van der Waals surface area contributed by atoms with Gasteiger partial charge in [-0.25, -0.2) is 4.39 Å². The lowest BCUT2D eigenvalue weighted by atomic mass is 9.92. The van der Waals surface area contributed by atoms with E-state index >= 15 is 0 Å². The highest BCUT2D eigenvalue weighted by atomic mass is 32.2. The minimum atomic E-state index is -0.346. The minimum absolute atomic E-state index is 0.231. The average molecular weight is 446 g/mol. The Labute approximate surface area is 191 Å². The zero-order valence-corrected chi connectivity index (χ0v) is 18.5. The summed E-state index contributed by atoms with van der Waals surface area (Å²) in [5.74, 6) is 0.0141. The van der Waals surface area contributed by atoms with Crippen LogP contribution in [0.4, 0.5) is 4.39 Å². The van der Waals surface area contributed by atoms with Crippen LogP contribution >= 0.6 is 11.8 Å². The summed E-state index contributed by atoms with van der Waals surface area (Å²) in [4.78, 5) is 16.6. The van der Waals surface area contributed by atoms with Crippen LogP contribution in [0.2, 0.25) is 0 Å². The Morgan fingerprint density at radius 2 is 1.59 bits per heavy atom. The predicted octanol–water partition coefficient (Wildman–Crippen LogP) is 5.78. The summed E-state index contributed by atoms with van der Waals surface area (Å²) in [6, 6.07) is 23.2. The maximum absolute atomic E-state index is 13.5. The highest BCUT2D eigenvalue weighted by Gasteiger charge is 2.56. The number of thioether (sulfide) groups is 1. The average Bonchev–Trinajstić information content (AvgIpc) is 3.34. The molecule has 1 aliphatic carbocycles. The zero-order valence-electron chi connectivity index (χ0n) is 17.7. The van der Waals surface area contributed by atoms with E-state index < -0.39 is 0 Å². The van der Waals surface area contributed by atoms with Crippen LogP contribution in [0.25, 0.3) is 11.1 Å². The van der Waals surface area contributed by atoms with Gasteiger partial charge in [-0.05, 0) is 65.8 Å². The standard InChI is InChI=1S/C27H24FNO2S/c28-22-9-5-19(6-10-22)20-7-11-23(12-8-20)32-27(13-14-27)25(30)29-16-15-26(18-29)24-4-2-1-3-21(24)17-31-26/h1-12H,13-18H2/t26-/m0/s1. The number of carbonyl (C=O) groups is 1. The number of rotatable bonds is 4. The van der Waals surface area contributed by atoms with Gasteiger partial charge in [-0.2, -0.15) is 0 Å². The molecule has 162 valence electrons. The van der Waals surface area contributed by atoms with Crippen LogP contribution in [0.5, 0.6) is 0 Å². The van der Waals surface area contributed by atoms with E-state index in [1.165, 1.54) is 23.3 Å². The number of fused-ring (bicyclic) bond motifs is 2. The monoisotopic (exact) mass is 445 g/mol. The molecular weight excluding hydrogens is 421 g/mol. The van der Waals surface area contributed by atoms with Gasteiger partial charge >= 0.3 is 0 Å². The Morgan fingerprint density at radius 3 is 2.31 bits per heavy atom. The zero-order chi connectivity index (χ0) is 21.8. The second kappa shape index (κ2) is 7.46. The quantitative estimate of drug-likeness (QED) is 0.510. The van der Waals surface area contributed by atoms with Crippen LogP contribution in [0.15, 0.2) is 77.7 Å². The van der Waals surface area contributed by atoms with E-state index in [1.807, 2.05) is 17.0 Å². The molecule has 0 radical (unpaired) electrons. The van der Waals surface area contributed by atoms with Crippen molar-refractivity contribution in [3.8, 4) is 11.1 Å². The van der Waals surface area contributed by atoms with Crippen molar-refractivity contribution in [1.82, 2.24) is 4.90 Å². The van der Waals surface area contributed by atoms with Gasteiger partial charge in [-0.3, -0.25) is 4.79 Å². The Morgan fingerprint density at radius 1 is 0.906 bits per heavy atom. The van der Waals surface area contributed by atoms with Crippen molar-refractivity contribution in [2.24, 2.45) is 0 Å². The largest absolute Gasteiger partial charge is 0.364 e. The third-order valence-electron chi connectivity index (χ3n) is 6.97. The van der Waals surface area contributed by atoms with Gasteiger partial charge in [-0.1, -0.05) is 48.5 Å². The van der Waals surface area contributed by atoms with Gasteiger partial charge in [0.2, 0.25) is 5.91 Å². The Balaban J connectivity index is 1.16. The number of carbonyl (C=O) groups excluding carboxylic acids is 1. The lowest BCUT2D eigenvalue weighted by Crippen LogP contribution is -2.40. The number of likely N-dealkylation sites (tertiary alicyclic amines) is 1. The molecule has 3 nitrogen and oxygen atoms in total. The van der Waals surface area contributed by atoms with E-state index in [-0.39, 0.29) is 22.1 Å². The second-order valence-corrected chi connectivity index (χ2v) is 10.5. The van der Waals surface area contributed by atoms with E-state index in [2.05, 4.69) is 36.4 Å². The number of halogens is 1. The summed E-state index contributed by atoms with van der Waals surface area (Å²) >= 11 is 1.68. The number of nitrogens with zero attached hydrogens (tertiary/aromatic N) is 1. The molecule has 2 heterocycles. The van der Waals surface area contributed by atoms with Crippen molar-refractivity contribution in [3.05, 3.63) is 89.7 Å². The minimum Gasteiger partial charge on any atom is -0.364 e. The van der Waals surface area contributed by atoms with Crippen LogP contribution in [0, 0.1) is 5.82 Å². The molecule has 0 aromatic heterocycles. The normalized spacial score (nSPS) is 22.8. The second-order valence-electron chi connectivity index (χ2n) is 9.04. The first kappa shape index (κ1) is 20.0. The molecular formula is C27H24FNO2S. The van der Waals surface area contributed by atoms with Crippen LogP contribution in [0.3, 0.4) is 0 Å². The smallest absolute Gasteiger partial charge is 0.239 e. The lowest BCUT2D eigenvalue weighted by Gasteiger charge is -2.27. The molecule has 6 rings (SSSR count). The van der Waals surface area contributed by atoms with Crippen molar-refractivity contribution >= 4 is 17.7 Å². The van der Waals surface area contributed by atoms with E-state index in [1.54, 1.807) is 23.9 Å². The van der Waals surface area contributed by atoms with E-state index in [9.17, 15) is 9.18 Å². The van der Waals surface area contributed by atoms with Crippen molar-refractivity contribution in [3.63, 3.8) is 0 Å². The van der Waals surface area contributed by atoms with Crippen molar-refractivity contribution in [2.45, 2.75) is 41.1 Å². The van der Waals surface area contributed by atoms with Gasteiger partial charge in [0.15, 0.2) is 0 Å². The summed E-state index contributed by atoms with van der Waals surface area (Å²) in [6.45, 7) is 2.03. The first-order chi connectivity index (χ1) is 15.6. The molecule has 1 spiro atoms. The fourth-order valence-corrected chi connectivity index (χ4v) is 6.27. The molecule has 3 aromatic rings. The summed E-state index contributed by atoms with van der Waals surface area (Å²) < 4.78 is 19.1. The molecule has 1 saturated heterocycles. The highest BCUT2D eigenvalue weighted by Crippen LogP contribution is 2.54. The van der Waals surface area contributed by atoms with Gasteiger partial charge in [0.1, 0.15) is 11.4 Å². The van der Waals surface area contributed by atoms with E-state index in [4.69, 9.17) is 4.74 Å². The topological polar surface area (TPSA) is 29.5 Å². The maximum Gasteiger partial charge on any atom is 0.239 e. The highest BCUT2D eigenvalue weighted by molar-refractivity contribution is 8.01. The van der Waals surface area contributed by atoms with Crippen LogP contribution < -0.4 is 0 Å². The third kappa shape index (κ3) is 3.35. The molecule has 0 N–H and O–H groups in total. The first-order valence-electron chi connectivity index (χ1n) is 11.1. The molecule has 3 aromatic carbocycles. The Hall–Kier alpha value is -2.63. The molecule has 1 saturated carbocycles. The Bertz CT molecular complexity index is 1170. The molecule has 32 heavy (non-hydrogen) atoms. The third-order valence-corrected chi connectivity index (χ3v) is 8.45. The number of ether oxygens (including phenoxy) is 1. The summed E-state index contributed by atoms with van der Waals surface area (Å²) in [5.41, 5.74) is 4.20. The molecule has 1 amide bonds. The first-order valence-corrected chi connectivity index (χ1v) is 12.0. The van der Waals surface area contributed by atoms with Crippen molar-refractivity contribution in [1.29, 1.82) is 0 Å². The van der Waals surface area contributed by atoms with Crippen molar-refractivity contribution in [2.75, 3.05) is 13.1 Å². The molecule has 0 unspecified atom stereocenters. The van der Waals surface area contributed by atoms with Crippen LogP contribution in [-0.4, -0.2) is 28.6 Å². The fraction of sp³-hybridized carbons (Fsp3) is 0.296. The van der Waals surface area contributed by atoms with Crippen LogP contribution in [0.1, 0.15) is 30.4 Å². The lowest BCUT2D eigenvalue weighted by molar-refractivity contribution is -0.132. The van der Waals surface area contributed by atoms with Crippen LogP contribution in [-0.2, 0) is 21.7 Å². The van der Waals surface area contributed by atoms with Crippen molar-refractivity contribution < 1.29 is 13.9 Å². The molecule has 2 aliphatic heterocycles. The summed E-state index contributed by atoms with van der Waals surface area (Å²) in [6.07, 6.45) is 2.69. The molecule has 0 bridgehead atoms. The fourth-order valence-electron chi connectivity index (χ4n) is 5.02. The van der Waals surface area contributed by atoms with Gasteiger partial charge in [0, 0.05) is 11.4 Å². The number of hydrogen-bond acceptors (Lipinski definition) is 3. The van der Waals surface area contributed by atoms with Gasteiger partial charge in [-0.15, -0.1) is 11.8 Å². The summed E-state index contributed by atoms with van der Waals surface area (Å²) in [7, 11) is 0. The molecule has 2 fully saturated rings. The van der Waals surface area contributed by atoms with Gasteiger partial charge in [0.05, 0.1) is 17.9 Å². The van der Waals surface area contributed by atoms with Gasteiger partial charge in [0.25, 0.3) is 0 Å². The molecule has 3 aliphatic rings. The molecule has 1 atom stereocenters. The van der Waals surface area contributed by atoms with E-state index in [0.29, 0.717) is 13.2 Å².